The molecule has 0 radical (unpaired) electrons. The highest BCUT2D eigenvalue weighted by Crippen LogP contribution is 2.24. The van der Waals surface area contributed by atoms with Gasteiger partial charge in [0.1, 0.15) is 18.4 Å². The zero-order valence-corrected chi connectivity index (χ0v) is 20.8. The first-order chi connectivity index (χ1) is 16.3. The number of anilines is 1. The van der Waals surface area contributed by atoms with Gasteiger partial charge in [0, 0.05) is 30.3 Å². The third-order valence-electron chi connectivity index (χ3n) is 5.47. The number of hydrogen-bond donors (Lipinski definition) is 1. The first-order valence-electron chi connectivity index (χ1n) is 10.9. The molecule has 2 amide bonds. The maximum atomic E-state index is 14.4. The number of non-ortho nitro benzene ring substituents is 1. The van der Waals surface area contributed by atoms with Gasteiger partial charge in [0.15, 0.2) is 0 Å². The molecule has 0 heterocycles. The molecule has 12 heteroatoms. The van der Waals surface area contributed by atoms with Crippen LogP contribution in [-0.2, 0) is 26.2 Å². The Morgan fingerprint density at radius 3 is 2.37 bits per heavy atom. The number of carbonyl (C=O) groups is 2. The number of sulfonamides is 1. The molecule has 35 heavy (non-hydrogen) atoms. The number of amides is 2. The summed E-state index contributed by atoms with van der Waals surface area (Å²) in [4.78, 5) is 37.7. The molecule has 0 aliphatic carbocycles. The molecule has 0 saturated heterocycles. The highest BCUT2D eigenvalue weighted by Gasteiger charge is 2.31. The minimum Gasteiger partial charge on any atom is -0.352 e. The van der Waals surface area contributed by atoms with E-state index in [2.05, 4.69) is 5.32 Å². The van der Waals surface area contributed by atoms with E-state index < -0.39 is 45.2 Å². The zero-order chi connectivity index (χ0) is 26.3. The zero-order valence-electron chi connectivity index (χ0n) is 20.0. The second-order valence-corrected chi connectivity index (χ2v) is 10.1. The monoisotopic (exact) mass is 508 g/mol. The van der Waals surface area contributed by atoms with Crippen LogP contribution in [0.3, 0.4) is 0 Å². The third-order valence-corrected chi connectivity index (χ3v) is 6.62. The van der Waals surface area contributed by atoms with Gasteiger partial charge in [0.25, 0.3) is 5.69 Å². The topological polar surface area (TPSA) is 130 Å². The number of carbonyl (C=O) groups excluding carboxylic acids is 2. The number of nitro groups is 1. The van der Waals surface area contributed by atoms with Gasteiger partial charge in [0.2, 0.25) is 21.8 Å². The summed E-state index contributed by atoms with van der Waals surface area (Å²) in [5.41, 5.74) is -0.295. The maximum absolute atomic E-state index is 14.4. The lowest BCUT2D eigenvalue weighted by molar-refractivity contribution is -0.384. The van der Waals surface area contributed by atoms with Gasteiger partial charge in [0.05, 0.1) is 16.9 Å². The molecule has 1 N–H and O–H groups in total. The molecule has 0 unspecified atom stereocenters. The molecule has 10 nitrogen and oxygen atoms in total. The lowest BCUT2D eigenvalue weighted by Crippen LogP contribution is -2.52. The Kier molecular flexibility index (Phi) is 9.29. The summed E-state index contributed by atoms with van der Waals surface area (Å²) in [5.74, 6) is -1.85. The van der Waals surface area contributed by atoms with Gasteiger partial charge in [-0.25, -0.2) is 12.8 Å². The fourth-order valence-electron chi connectivity index (χ4n) is 3.23. The second kappa shape index (κ2) is 11.7. The molecule has 0 bridgehead atoms. The van der Waals surface area contributed by atoms with Crippen molar-refractivity contribution in [1.82, 2.24) is 10.2 Å². The summed E-state index contributed by atoms with van der Waals surface area (Å²) in [6, 6.07) is 9.37. The third kappa shape index (κ3) is 7.47. The van der Waals surface area contributed by atoms with Crippen LogP contribution in [0.25, 0.3) is 0 Å². The van der Waals surface area contributed by atoms with Crippen molar-refractivity contribution in [3.05, 3.63) is 70.0 Å². The largest absolute Gasteiger partial charge is 0.352 e. The average Bonchev–Trinajstić information content (AvgIpc) is 2.80. The minimum atomic E-state index is -4.05. The summed E-state index contributed by atoms with van der Waals surface area (Å²) in [6.45, 7) is 4.11. The number of benzene rings is 2. The average molecular weight is 509 g/mol. The SMILES string of the molecule is CC[C@@H](C)NC(=O)[C@H](C)N(Cc1ccccc1F)C(=O)CN(c1cccc([N+](=O)[O-])c1)S(C)(=O)=O. The van der Waals surface area contributed by atoms with E-state index in [4.69, 9.17) is 0 Å². The molecule has 2 rings (SSSR count). The molecule has 0 aliphatic rings. The summed E-state index contributed by atoms with van der Waals surface area (Å²) in [6.07, 6.45) is 1.51. The number of nitro benzene ring substituents is 1. The van der Waals surface area contributed by atoms with Crippen LogP contribution in [0.5, 0.6) is 0 Å². The van der Waals surface area contributed by atoms with Crippen molar-refractivity contribution < 1.29 is 27.3 Å². The van der Waals surface area contributed by atoms with Crippen molar-refractivity contribution in [3.8, 4) is 0 Å². The highest BCUT2D eigenvalue weighted by atomic mass is 32.2. The lowest BCUT2D eigenvalue weighted by Gasteiger charge is -2.32. The molecule has 0 aliphatic heterocycles. The molecule has 190 valence electrons. The van der Waals surface area contributed by atoms with Gasteiger partial charge < -0.3 is 10.2 Å². The van der Waals surface area contributed by atoms with E-state index in [0.29, 0.717) is 6.42 Å². The van der Waals surface area contributed by atoms with Gasteiger partial charge in [-0.3, -0.25) is 24.0 Å². The van der Waals surface area contributed by atoms with E-state index in [1.165, 1.54) is 43.3 Å². The molecule has 2 atom stereocenters. The molecule has 2 aromatic carbocycles. The molecule has 0 saturated carbocycles. The van der Waals surface area contributed by atoms with Crippen LogP contribution >= 0.6 is 0 Å². The van der Waals surface area contributed by atoms with Crippen molar-refractivity contribution >= 4 is 33.2 Å². The van der Waals surface area contributed by atoms with Crippen LogP contribution in [0, 0.1) is 15.9 Å². The predicted octanol–water partition coefficient (Wildman–Crippen LogP) is 2.83. The van der Waals surface area contributed by atoms with E-state index in [-0.39, 0.29) is 29.5 Å². The number of nitrogens with zero attached hydrogens (tertiary/aromatic N) is 3. The Morgan fingerprint density at radius 1 is 1.14 bits per heavy atom. The Morgan fingerprint density at radius 2 is 1.80 bits per heavy atom. The van der Waals surface area contributed by atoms with Crippen LogP contribution < -0.4 is 9.62 Å². The Balaban J connectivity index is 2.44. The molecule has 0 spiro atoms. The predicted molar refractivity (Wildman–Crippen MR) is 130 cm³/mol. The van der Waals surface area contributed by atoms with E-state index in [1.807, 2.05) is 6.92 Å². The first-order valence-corrected chi connectivity index (χ1v) is 12.7. The normalized spacial score (nSPS) is 12.9. The van der Waals surface area contributed by atoms with Crippen molar-refractivity contribution in [3.63, 3.8) is 0 Å². The number of halogens is 1. The van der Waals surface area contributed by atoms with Gasteiger partial charge in [-0.15, -0.1) is 0 Å². The van der Waals surface area contributed by atoms with Crippen LogP contribution in [0.2, 0.25) is 0 Å². The van der Waals surface area contributed by atoms with Gasteiger partial charge in [-0.05, 0) is 32.4 Å². The molecule has 0 fully saturated rings. The quantitative estimate of drug-likeness (QED) is 0.367. The van der Waals surface area contributed by atoms with Gasteiger partial charge in [-0.2, -0.15) is 0 Å². The number of rotatable bonds is 11. The Hall–Kier alpha value is -3.54. The van der Waals surface area contributed by atoms with Crippen LogP contribution in [0.4, 0.5) is 15.8 Å². The van der Waals surface area contributed by atoms with Crippen molar-refractivity contribution in [2.24, 2.45) is 0 Å². The first kappa shape index (κ1) is 27.7. The van der Waals surface area contributed by atoms with Crippen molar-refractivity contribution in [2.75, 3.05) is 17.1 Å². The van der Waals surface area contributed by atoms with E-state index in [9.17, 15) is 32.5 Å². The fraction of sp³-hybridized carbons (Fsp3) is 0.391. The molecule has 0 aromatic heterocycles. The second-order valence-electron chi connectivity index (χ2n) is 8.15. The van der Waals surface area contributed by atoms with Crippen LogP contribution in [-0.4, -0.2) is 54.9 Å². The summed E-state index contributed by atoms with van der Waals surface area (Å²) in [5, 5.41) is 13.9. The molecular weight excluding hydrogens is 479 g/mol. The fourth-order valence-corrected chi connectivity index (χ4v) is 4.08. The van der Waals surface area contributed by atoms with Crippen molar-refractivity contribution in [2.45, 2.75) is 45.8 Å². The van der Waals surface area contributed by atoms with E-state index in [0.717, 1.165) is 21.5 Å². The standard InChI is InChI=1S/C23H29FN4O6S/c1-5-16(2)25-23(30)17(3)26(14-18-9-6-7-12-21(18)24)22(29)15-27(35(4,33)34)19-10-8-11-20(13-19)28(31)32/h6-13,16-17H,5,14-15H2,1-4H3,(H,25,30)/t16-,17+/m1/s1. The maximum Gasteiger partial charge on any atom is 0.271 e. The Labute approximate surface area is 203 Å². The molecular formula is C23H29FN4O6S. The van der Waals surface area contributed by atoms with Gasteiger partial charge >= 0.3 is 0 Å². The highest BCUT2D eigenvalue weighted by molar-refractivity contribution is 7.92. The van der Waals surface area contributed by atoms with Crippen molar-refractivity contribution in [1.29, 1.82) is 0 Å². The summed E-state index contributed by atoms with van der Waals surface area (Å²) >= 11 is 0. The van der Waals surface area contributed by atoms with E-state index >= 15 is 0 Å². The van der Waals surface area contributed by atoms with Crippen LogP contribution in [0.1, 0.15) is 32.8 Å². The Bertz CT molecular complexity index is 1190. The summed E-state index contributed by atoms with van der Waals surface area (Å²) in [7, 11) is -4.05. The van der Waals surface area contributed by atoms with Crippen LogP contribution in [0.15, 0.2) is 48.5 Å². The summed E-state index contributed by atoms with van der Waals surface area (Å²) < 4.78 is 40.1. The molecule has 2 aromatic rings. The lowest BCUT2D eigenvalue weighted by atomic mass is 10.1. The minimum absolute atomic E-state index is 0.0856. The van der Waals surface area contributed by atoms with E-state index in [1.54, 1.807) is 13.0 Å². The smallest absolute Gasteiger partial charge is 0.271 e. The van der Waals surface area contributed by atoms with Gasteiger partial charge in [-0.1, -0.05) is 31.2 Å². The number of hydrogen-bond acceptors (Lipinski definition) is 6. The number of nitrogens with one attached hydrogen (secondary N) is 1.